The first-order chi connectivity index (χ1) is 9.47. The van der Waals surface area contributed by atoms with Crippen LogP contribution in [0.15, 0.2) is 41.2 Å². The number of hydrogen-bond acceptors (Lipinski definition) is 4. The fourth-order valence-corrected chi connectivity index (χ4v) is 1.53. The van der Waals surface area contributed by atoms with Crippen molar-refractivity contribution in [1.29, 1.82) is 0 Å². The third-order valence-electron chi connectivity index (χ3n) is 2.42. The van der Waals surface area contributed by atoms with E-state index in [-0.39, 0.29) is 11.4 Å². The van der Waals surface area contributed by atoms with Gasteiger partial charge in [-0.1, -0.05) is 6.07 Å². The first-order valence-electron chi connectivity index (χ1n) is 5.42. The van der Waals surface area contributed by atoms with Gasteiger partial charge in [0.15, 0.2) is 0 Å². The summed E-state index contributed by atoms with van der Waals surface area (Å²) in [7, 11) is 0. The number of pyridine rings is 1. The lowest BCUT2D eigenvalue weighted by Crippen LogP contribution is -2.18. The summed E-state index contributed by atoms with van der Waals surface area (Å²) in [6.45, 7) is 0. The summed E-state index contributed by atoms with van der Waals surface area (Å²) < 4.78 is 13.0. The Hall–Kier alpha value is -3.03. The molecule has 20 heavy (non-hydrogen) atoms. The average molecular weight is 277 g/mol. The predicted molar refractivity (Wildman–Crippen MR) is 68.1 cm³/mol. The Morgan fingerprint density at radius 2 is 2.05 bits per heavy atom. The minimum atomic E-state index is -0.813. The first-order valence-corrected chi connectivity index (χ1v) is 5.42. The van der Waals surface area contributed by atoms with E-state index < -0.39 is 27.9 Å². The topological polar surface area (TPSA) is 105 Å². The fraction of sp³-hybridized carbons (Fsp3) is 0. The zero-order chi connectivity index (χ0) is 14.7. The number of H-pyrrole nitrogens is 1. The van der Waals surface area contributed by atoms with Gasteiger partial charge in [-0.15, -0.1) is 0 Å². The highest BCUT2D eigenvalue weighted by Crippen LogP contribution is 2.25. The molecule has 102 valence electrons. The van der Waals surface area contributed by atoms with E-state index in [1.807, 2.05) is 0 Å². The number of nitrogens with one attached hydrogen (secondary N) is 2. The van der Waals surface area contributed by atoms with Crippen LogP contribution in [0.1, 0.15) is 10.5 Å². The maximum Gasteiger partial charge on any atom is 0.295 e. The molecule has 0 fully saturated rings. The Kier molecular flexibility index (Phi) is 3.56. The second kappa shape index (κ2) is 5.31. The zero-order valence-electron chi connectivity index (χ0n) is 9.92. The normalized spacial score (nSPS) is 10.1. The van der Waals surface area contributed by atoms with Gasteiger partial charge < -0.3 is 10.3 Å². The summed E-state index contributed by atoms with van der Waals surface area (Å²) in [5, 5.41) is 13.0. The number of hydrogen-bond donors (Lipinski definition) is 2. The van der Waals surface area contributed by atoms with Crippen molar-refractivity contribution in [3.05, 3.63) is 68.4 Å². The van der Waals surface area contributed by atoms with E-state index in [0.717, 1.165) is 12.1 Å². The second-order valence-electron chi connectivity index (χ2n) is 3.80. The fourth-order valence-electron chi connectivity index (χ4n) is 1.53. The number of carbonyl (C=O) groups excluding carboxylic acids is 1. The van der Waals surface area contributed by atoms with E-state index in [1.54, 1.807) is 0 Å². The Bertz CT molecular complexity index is 741. The molecular weight excluding hydrogens is 269 g/mol. The van der Waals surface area contributed by atoms with Crippen molar-refractivity contribution in [3.8, 4) is 0 Å². The number of nitrogens with zero attached hydrogens (tertiary/aromatic N) is 1. The number of carbonyl (C=O) groups is 1. The summed E-state index contributed by atoms with van der Waals surface area (Å²) in [6, 6.07) is 6.68. The molecule has 8 heteroatoms. The molecule has 1 amide bonds. The number of amides is 1. The number of nitro benzene ring substituents is 1. The summed E-state index contributed by atoms with van der Waals surface area (Å²) in [5.74, 6) is -1.53. The molecule has 1 aromatic heterocycles. The number of aromatic nitrogens is 1. The molecule has 0 aliphatic carbocycles. The van der Waals surface area contributed by atoms with Gasteiger partial charge in [-0.25, -0.2) is 4.39 Å². The summed E-state index contributed by atoms with van der Waals surface area (Å²) >= 11 is 0. The Morgan fingerprint density at radius 3 is 2.70 bits per heavy atom. The van der Waals surface area contributed by atoms with Gasteiger partial charge in [0.05, 0.1) is 11.0 Å². The first kappa shape index (κ1) is 13.4. The minimum absolute atomic E-state index is 0.0591. The van der Waals surface area contributed by atoms with E-state index in [9.17, 15) is 24.1 Å². The van der Waals surface area contributed by atoms with Gasteiger partial charge in [0, 0.05) is 6.07 Å². The van der Waals surface area contributed by atoms with Gasteiger partial charge in [0.25, 0.3) is 11.6 Å². The van der Waals surface area contributed by atoms with Crippen molar-refractivity contribution in [2.75, 3.05) is 5.32 Å². The zero-order valence-corrected chi connectivity index (χ0v) is 9.92. The minimum Gasteiger partial charge on any atom is -0.318 e. The van der Waals surface area contributed by atoms with Gasteiger partial charge in [-0.05, 0) is 18.2 Å². The van der Waals surface area contributed by atoms with Crippen LogP contribution < -0.4 is 10.9 Å². The van der Waals surface area contributed by atoms with E-state index in [4.69, 9.17) is 0 Å². The summed E-state index contributed by atoms with van der Waals surface area (Å²) in [5.41, 5.74) is -1.27. The van der Waals surface area contributed by atoms with Crippen molar-refractivity contribution < 1.29 is 14.1 Å². The lowest BCUT2D eigenvalue weighted by molar-refractivity contribution is -0.384. The van der Waals surface area contributed by atoms with E-state index in [2.05, 4.69) is 10.3 Å². The van der Waals surface area contributed by atoms with Crippen molar-refractivity contribution in [3.63, 3.8) is 0 Å². The van der Waals surface area contributed by atoms with E-state index in [0.29, 0.717) is 6.07 Å². The monoisotopic (exact) mass is 277 g/mol. The second-order valence-corrected chi connectivity index (χ2v) is 3.80. The summed E-state index contributed by atoms with van der Waals surface area (Å²) in [4.78, 5) is 35.1. The van der Waals surface area contributed by atoms with Crippen LogP contribution in [-0.4, -0.2) is 15.8 Å². The van der Waals surface area contributed by atoms with Crippen LogP contribution in [0.5, 0.6) is 0 Å². The van der Waals surface area contributed by atoms with Crippen molar-refractivity contribution in [2.45, 2.75) is 0 Å². The molecule has 7 nitrogen and oxygen atoms in total. The van der Waals surface area contributed by atoms with Crippen LogP contribution in [0.3, 0.4) is 0 Å². The quantitative estimate of drug-likeness (QED) is 0.657. The molecule has 0 bridgehead atoms. The molecule has 1 heterocycles. The number of anilines is 1. The molecule has 0 spiro atoms. The third kappa shape index (κ3) is 2.86. The van der Waals surface area contributed by atoms with Crippen LogP contribution in [-0.2, 0) is 0 Å². The molecule has 0 aliphatic rings. The molecule has 0 atom stereocenters. The Labute approximate surface area is 111 Å². The van der Waals surface area contributed by atoms with Gasteiger partial charge in [-0.2, -0.15) is 0 Å². The van der Waals surface area contributed by atoms with Crippen LogP contribution >= 0.6 is 0 Å². The molecular formula is C12H8FN3O4. The highest BCUT2D eigenvalue weighted by atomic mass is 19.1. The van der Waals surface area contributed by atoms with Gasteiger partial charge in [0.2, 0.25) is 5.56 Å². The standard InChI is InChI=1S/C12H8FN3O4/c13-7-4-5-8(10(6-7)16(19)20)15-12(18)9-2-1-3-11(17)14-9/h1-6H,(H,14,17)(H,15,18). The molecule has 2 N–H and O–H groups in total. The molecule has 0 aliphatic heterocycles. The molecule has 1 aromatic carbocycles. The van der Waals surface area contributed by atoms with Crippen molar-refractivity contribution in [1.82, 2.24) is 4.98 Å². The molecule has 0 unspecified atom stereocenters. The van der Waals surface area contributed by atoms with Gasteiger partial charge in [-0.3, -0.25) is 19.7 Å². The third-order valence-corrected chi connectivity index (χ3v) is 2.42. The maximum atomic E-state index is 13.0. The van der Waals surface area contributed by atoms with Crippen LogP contribution in [0.4, 0.5) is 15.8 Å². The SMILES string of the molecule is O=C(Nc1ccc(F)cc1[N+](=O)[O-])c1cccc(=O)[nH]1. The highest BCUT2D eigenvalue weighted by Gasteiger charge is 2.17. The largest absolute Gasteiger partial charge is 0.318 e. The van der Waals surface area contributed by atoms with Gasteiger partial charge >= 0.3 is 0 Å². The van der Waals surface area contributed by atoms with E-state index in [1.165, 1.54) is 18.2 Å². The number of halogens is 1. The molecule has 2 rings (SSSR count). The van der Waals surface area contributed by atoms with Crippen LogP contribution in [0.2, 0.25) is 0 Å². The van der Waals surface area contributed by atoms with Crippen molar-refractivity contribution in [2.24, 2.45) is 0 Å². The molecule has 0 saturated heterocycles. The van der Waals surface area contributed by atoms with E-state index >= 15 is 0 Å². The Morgan fingerprint density at radius 1 is 1.30 bits per heavy atom. The number of rotatable bonds is 3. The smallest absolute Gasteiger partial charge is 0.295 e. The highest BCUT2D eigenvalue weighted by molar-refractivity contribution is 6.04. The van der Waals surface area contributed by atoms with Crippen LogP contribution in [0, 0.1) is 15.9 Å². The lowest BCUT2D eigenvalue weighted by Gasteiger charge is -2.05. The lowest BCUT2D eigenvalue weighted by atomic mass is 10.2. The average Bonchev–Trinajstić information content (AvgIpc) is 2.40. The van der Waals surface area contributed by atoms with Crippen LogP contribution in [0.25, 0.3) is 0 Å². The number of aromatic amines is 1. The summed E-state index contributed by atoms with van der Waals surface area (Å²) in [6.07, 6.45) is 0. The number of nitro groups is 1. The Balaban J connectivity index is 2.33. The molecule has 0 saturated carbocycles. The van der Waals surface area contributed by atoms with Gasteiger partial charge in [0.1, 0.15) is 17.2 Å². The van der Waals surface area contributed by atoms with Crippen molar-refractivity contribution >= 4 is 17.3 Å². The molecule has 0 radical (unpaired) electrons. The predicted octanol–water partition coefficient (Wildman–Crippen LogP) is 1.67. The number of benzene rings is 1. The maximum absolute atomic E-state index is 13.0. The molecule has 2 aromatic rings.